The van der Waals surface area contributed by atoms with Crippen molar-refractivity contribution in [3.05, 3.63) is 63.7 Å². The normalized spacial score (nSPS) is 10.2. The molecule has 6 nitrogen and oxygen atoms in total. The molecule has 0 radical (unpaired) electrons. The molecule has 0 bridgehead atoms. The van der Waals surface area contributed by atoms with Crippen molar-refractivity contribution in [3.8, 4) is 0 Å². The molecule has 0 unspecified atom stereocenters. The van der Waals surface area contributed by atoms with Gasteiger partial charge in [0.05, 0.1) is 4.92 Å². The van der Waals surface area contributed by atoms with Gasteiger partial charge in [-0.1, -0.05) is 0 Å². The Morgan fingerprint density at radius 1 is 1.14 bits per heavy atom. The van der Waals surface area contributed by atoms with Crippen LogP contribution in [0.4, 0.5) is 25.8 Å². The fraction of sp³-hybridized carbons (Fsp3) is 0. The van der Waals surface area contributed by atoms with Crippen LogP contribution in [0.15, 0.2) is 36.4 Å². The number of nitro groups is 1. The van der Waals surface area contributed by atoms with Crippen molar-refractivity contribution in [2.24, 2.45) is 0 Å². The van der Waals surface area contributed by atoms with E-state index >= 15 is 0 Å². The van der Waals surface area contributed by atoms with Crippen molar-refractivity contribution >= 4 is 23.0 Å². The van der Waals surface area contributed by atoms with Crippen LogP contribution in [0.5, 0.6) is 0 Å². The quantitative estimate of drug-likeness (QED) is 0.516. The first-order valence-corrected chi connectivity index (χ1v) is 5.69. The Morgan fingerprint density at radius 3 is 2.33 bits per heavy atom. The van der Waals surface area contributed by atoms with Gasteiger partial charge < -0.3 is 11.1 Å². The molecule has 0 aliphatic carbocycles. The Hall–Kier alpha value is -3.03. The van der Waals surface area contributed by atoms with E-state index in [0.29, 0.717) is 17.8 Å². The number of nitrogens with two attached hydrogens (primary N) is 1. The number of halogens is 2. The molecule has 0 atom stereocenters. The molecule has 0 saturated carbocycles. The highest BCUT2D eigenvalue weighted by Crippen LogP contribution is 2.24. The third-order valence-electron chi connectivity index (χ3n) is 2.66. The van der Waals surface area contributed by atoms with Gasteiger partial charge in [0.25, 0.3) is 5.91 Å². The average Bonchev–Trinajstić information content (AvgIpc) is 2.41. The number of anilines is 2. The summed E-state index contributed by atoms with van der Waals surface area (Å²) in [4.78, 5) is 21.4. The Kier molecular flexibility index (Phi) is 3.79. The summed E-state index contributed by atoms with van der Waals surface area (Å²) >= 11 is 0. The summed E-state index contributed by atoms with van der Waals surface area (Å²) in [6.45, 7) is 0. The molecule has 2 rings (SSSR count). The number of rotatable bonds is 3. The van der Waals surface area contributed by atoms with Crippen LogP contribution >= 0.6 is 0 Å². The average molecular weight is 293 g/mol. The summed E-state index contributed by atoms with van der Waals surface area (Å²) in [7, 11) is 0. The highest BCUT2D eigenvalue weighted by atomic mass is 19.1. The van der Waals surface area contributed by atoms with Crippen molar-refractivity contribution in [1.82, 2.24) is 0 Å². The first kappa shape index (κ1) is 14.4. The number of nitro benzene ring substituents is 1. The number of carbonyl (C=O) groups excluding carboxylic acids is 1. The lowest BCUT2D eigenvalue weighted by atomic mass is 10.1. The van der Waals surface area contributed by atoms with Crippen LogP contribution in [0.2, 0.25) is 0 Å². The summed E-state index contributed by atoms with van der Waals surface area (Å²) in [5, 5.41) is 12.8. The number of carbonyl (C=O) groups is 1. The summed E-state index contributed by atoms with van der Waals surface area (Å²) in [5.74, 6) is -3.84. The predicted octanol–water partition coefficient (Wildman–Crippen LogP) is 2.71. The SMILES string of the molecule is Nc1ccc(NC(=O)c2c(F)ccc([N+](=O)[O-])c2F)cc1. The molecule has 0 spiro atoms. The van der Waals surface area contributed by atoms with Crippen LogP contribution in [0.1, 0.15) is 10.4 Å². The van der Waals surface area contributed by atoms with Crippen molar-refractivity contribution in [1.29, 1.82) is 0 Å². The van der Waals surface area contributed by atoms with Crippen molar-refractivity contribution < 1.29 is 18.5 Å². The van der Waals surface area contributed by atoms with E-state index in [1.807, 2.05) is 0 Å². The zero-order valence-electron chi connectivity index (χ0n) is 10.5. The molecule has 2 aromatic rings. The van der Waals surface area contributed by atoms with Gasteiger partial charge in [-0.2, -0.15) is 4.39 Å². The molecule has 2 aromatic carbocycles. The molecule has 0 heterocycles. The number of nitrogen functional groups attached to an aromatic ring is 1. The third kappa shape index (κ3) is 2.94. The molecule has 3 N–H and O–H groups in total. The van der Waals surface area contributed by atoms with E-state index in [-0.39, 0.29) is 5.69 Å². The lowest BCUT2D eigenvalue weighted by Crippen LogP contribution is -2.16. The zero-order valence-corrected chi connectivity index (χ0v) is 10.5. The predicted molar refractivity (Wildman–Crippen MR) is 71.8 cm³/mol. The molecule has 1 amide bonds. The summed E-state index contributed by atoms with van der Waals surface area (Å²) in [5.41, 5.74) is 4.17. The van der Waals surface area contributed by atoms with Gasteiger partial charge in [0, 0.05) is 17.4 Å². The topological polar surface area (TPSA) is 98.3 Å². The molecule has 108 valence electrons. The van der Waals surface area contributed by atoms with Crippen LogP contribution < -0.4 is 11.1 Å². The highest BCUT2D eigenvalue weighted by molar-refractivity contribution is 6.05. The Bertz CT molecular complexity index is 717. The summed E-state index contributed by atoms with van der Waals surface area (Å²) in [6, 6.07) is 7.15. The van der Waals surface area contributed by atoms with E-state index < -0.39 is 33.7 Å². The number of nitrogens with zero attached hydrogens (tertiary/aromatic N) is 1. The fourth-order valence-electron chi connectivity index (χ4n) is 1.65. The second-order valence-corrected chi connectivity index (χ2v) is 4.09. The van der Waals surface area contributed by atoms with Gasteiger partial charge in [-0.3, -0.25) is 14.9 Å². The van der Waals surface area contributed by atoms with Crippen molar-refractivity contribution in [3.63, 3.8) is 0 Å². The molecule has 0 aliphatic heterocycles. The zero-order chi connectivity index (χ0) is 15.6. The first-order valence-electron chi connectivity index (χ1n) is 5.69. The van der Waals surface area contributed by atoms with E-state index in [2.05, 4.69) is 5.32 Å². The maximum Gasteiger partial charge on any atom is 0.305 e. The minimum atomic E-state index is -1.52. The minimum absolute atomic E-state index is 0.250. The lowest BCUT2D eigenvalue weighted by Gasteiger charge is -2.07. The second-order valence-electron chi connectivity index (χ2n) is 4.09. The van der Waals surface area contributed by atoms with Crippen LogP contribution in [-0.2, 0) is 0 Å². The molecule has 8 heteroatoms. The number of hydrogen-bond acceptors (Lipinski definition) is 4. The smallest absolute Gasteiger partial charge is 0.305 e. The number of benzene rings is 2. The van der Waals surface area contributed by atoms with Gasteiger partial charge in [0.15, 0.2) is 0 Å². The molecule has 0 saturated heterocycles. The van der Waals surface area contributed by atoms with Gasteiger partial charge in [-0.25, -0.2) is 4.39 Å². The van der Waals surface area contributed by atoms with E-state index in [0.717, 1.165) is 0 Å². The Labute approximate surface area is 117 Å². The lowest BCUT2D eigenvalue weighted by molar-refractivity contribution is -0.387. The van der Waals surface area contributed by atoms with Crippen LogP contribution in [0.3, 0.4) is 0 Å². The highest BCUT2D eigenvalue weighted by Gasteiger charge is 2.26. The van der Waals surface area contributed by atoms with Crippen LogP contribution in [0, 0.1) is 21.7 Å². The van der Waals surface area contributed by atoms with Gasteiger partial charge in [-0.15, -0.1) is 0 Å². The van der Waals surface area contributed by atoms with Gasteiger partial charge >= 0.3 is 5.69 Å². The maximum atomic E-state index is 13.8. The maximum absolute atomic E-state index is 13.8. The second kappa shape index (κ2) is 5.53. The minimum Gasteiger partial charge on any atom is -0.399 e. The standard InChI is InChI=1S/C13H9F2N3O3/c14-9-5-6-10(18(20)21)12(15)11(9)13(19)17-8-3-1-7(16)2-4-8/h1-6H,16H2,(H,17,19). The molecular weight excluding hydrogens is 284 g/mol. The summed E-state index contributed by atoms with van der Waals surface area (Å²) in [6.07, 6.45) is 0. The van der Waals surface area contributed by atoms with Crippen molar-refractivity contribution in [2.45, 2.75) is 0 Å². The summed E-state index contributed by atoms with van der Waals surface area (Å²) < 4.78 is 27.4. The Balaban J connectivity index is 2.37. The molecule has 0 fully saturated rings. The molecule has 0 aliphatic rings. The molecule has 0 aromatic heterocycles. The monoisotopic (exact) mass is 293 g/mol. The third-order valence-corrected chi connectivity index (χ3v) is 2.66. The molecule has 21 heavy (non-hydrogen) atoms. The van der Waals surface area contributed by atoms with Gasteiger partial charge in [0.2, 0.25) is 5.82 Å². The van der Waals surface area contributed by atoms with Crippen LogP contribution in [-0.4, -0.2) is 10.8 Å². The first-order chi connectivity index (χ1) is 9.90. The largest absolute Gasteiger partial charge is 0.399 e. The number of amides is 1. The van der Waals surface area contributed by atoms with E-state index in [9.17, 15) is 23.7 Å². The van der Waals surface area contributed by atoms with E-state index in [1.54, 1.807) is 0 Å². The van der Waals surface area contributed by atoms with Gasteiger partial charge in [-0.05, 0) is 30.3 Å². The number of nitrogens with one attached hydrogen (secondary N) is 1. The molecular formula is C13H9F2N3O3. The van der Waals surface area contributed by atoms with E-state index in [1.165, 1.54) is 24.3 Å². The number of hydrogen-bond donors (Lipinski definition) is 2. The fourth-order valence-corrected chi connectivity index (χ4v) is 1.65. The Morgan fingerprint density at radius 2 is 1.76 bits per heavy atom. The van der Waals surface area contributed by atoms with Gasteiger partial charge in [0.1, 0.15) is 11.4 Å². The van der Waals surface area contributed by atoms with Crippen molar-refractivity contribution in [2.75, 3.05) is 11.1 Å². The van der Waals surface area contributed by atoms with Crippen LogP contribution in [0.25, 0.3) is 0 Å². The van der Waals surface area contributed by atoms with E-state index in [4.69, 9.17) is 5.73 Å².